The molecule has 6 nitrogen and oxygen atoms in total. The first-order valence-corrected chi connectivity index (χ1v) is 11.9. The molecule has 1 heterocycles. The fourth-order valence-electron chi connectivity index (χ4n) is 5.75. The van der Waals surface area contributed by atoms with Crippen LogP contribution in [0.4, 0.5) is 19.3 Å². The number of methoxy groups -OCH3 is 2. The van der Waals surface area contributed by atoms with E-state index < -0.39 is 17.7 Å². The van der Waals surface area contributed by atoms with Crippen LogP contribution in [0.5, 0.6) is 11.5 Å². The summed E-state index contributed by atoms with van der Waals surface area (Å²) in [6.45, 7) is 4.17. The zero-order valence-corrected chi connectivity index (χ0v) is 20.0. The topological polar surface area (TPSA) is 62.8 Å². The van der Waals surface area contributed by atoms with Crippen molar-refractivity contribution in [2.24, 2.45) is 0 Å². The van der Waals surface area contributed by atoms with E-state index in [0.717, 1.165) is 69.1 Å². The van der Waals surface area contributed by atoms with E-state index in [-0.39, 0.29) is 23.2 Å². The van der Waals surface area contributed by atoms with Gasteiger partial charge in [-0.3, -0.25) is 4.90 Å². The Labute approximate surface area is 199 Å². The smallest absolute Gasteiger partial charge is 0.319 e. The number of urea groups is 1. The summed E-state index contributed by atoms with van der Waals surface area (Å²) in [7, 11) is 3.28. The van der Waals surface area contributed by atoms with Crippen molar-refractivity contribution in [2.45, 2.75) is 56.5 Å². The standard InChI is InChI=1S/C26H33F2N3O3/c1-4-12-31-13-11-26(17-5-8-22(33-2)23(14-17)34-3)10-9-19(16-24(26)31)29-25(32)30-21-15-18(27)6-7-20(21)28/h5-8,14-15,19,24H,4,9-13,16H2,1-3H3,(H2,29,30,32)/t19-,24+,26-/m0/s1. The third-order valence-corrected chi connectivity index (χ3v) is 7.35. The fourth-order valence-corrected chi connectivity index (χ4v) is 5.75. The lowest BCUT2D eigenvalue weighted by Gasteiger charge is -2.45. The van der Waals surface area contributed by atoms with E-state index in [2.05, 4.69) is 34.6 Å². The molecule has 4 rings (SSSR count). The fraction of sp³-hybridized carbons (Fsp3) is 0.500. The van der Waals surface area contributed by atoms with Crippen LogP contribution in [0.3, 0.4) is 0 Å². The second-order valence-electron chi connectivity index (χ2n) is 9.22. The Morgan fingerprint density at radius 3 is 2.65 bits per heavy atom. The van der Waals surface area contributed by atoms with Crippen molar-refractivity contribution in [3.8, 4) is 11.5 Å². The highest BCUT2D eigenvalue weighted by Gasteiger charge is 2.51. The third-order valence-electron chi connectivity index (χ3n) is 7.35. The van der Waals surface area contributed by atoms with Crippen LogP contribution in [0.25, 0.3) is 0 Å². The molecule has 0 aromatic heterocycles. The number of benzene rings is 2. The van der Waals surface area contributed by atoms with Crippen molar-refractivity contribution >= 4 is 11.7 Å². The van der Waals surface area contributed by atoms with Gasteiger partial charge in [-0.2, -0.15) is 0 Å². The van der Waals surface area contributed by atoms with E-state index in [1.807, 2.05) is 6.07 Å². The molecule has 1 aliphatic heterocycles. The van der Waals surface area contributed by atoms with Crippen LogP contribution in [-0.4, -0.2) is 50.3 Å². The van der Waals surface area contributed by atoms with Gasteiger partial charge in [0.2, 0.25) is 0 Å². The Bertz CT molecular complexity index is 1030. The number of carbonyl (C=O) groups excluding carboxylic acids is 1. The number of hydrogen-bond donors (Lipinski definition) is 2. The molecule has 2 amide bonds. The van der Waals surface area contributed by atoms with Gasteiger partial charge in [0.05, 0.1) is 19.9 Å². The highest BCUT2D eigenvalue weighted by Crippen LogP contribution is 2.50. The van der Waals surface area contributed by atoms with Crippen LogP contribution in [-0.2, 0) is 5.41 Å². The van der Waals surface area contributed by atoms with Gasteiger partial charge in [0.25, 0.3) is 0 Å². The van der Waals surface area contributed by atoms with E-state index in [4.69, 9.17) is 9.47 Å². The molecule has 0 radical (unpaired) electrons. The minimum atomic E-state index is -0.669. The van der Waals surface area contributed by atoms with Crippen LogP contribution in [0.15, 0.2) is 36.4 Å². The van der Waals surface area contributed by atoms with Crippen molar-refractivity contribution in [1.82, 2.24) is 10.2 Å². The number of fused-ring (bicyclic) bond motifs is 1. The molecule has 2 aromatic carbocycles. The monoisotopic (exact) mass is 473 g/mol. The highest BCUT2D eigenvalue weighted by atomic mass is 19.1. The maximum absolute atomic E-state index is 13.9. The molecule has 0 bridgehead atoms. The van der Waals surface area contributed by atoms with Crippen molar-refractivity contribution < 1.29 is 23.0 Å². The number of rotatable bonds is 7. The number of ether oxygens (including phenoxy) is 2. The molecular weight excluding hydrogens is 440 g/mol. The van der Waals surface area contributed by atoms with Gasteiger partial charge in [-0.15, -0.1) is 0 Å². The molecule has 184 valence electrons. The van der Waals surface area contributed by atoms with Crippen molar-refractivity contribution in [3.05, 3.63) is 53.6 Å². The summed E-state index contributed by atoms with van der Waals surface area (Å²) in [6, 6.07) is 8.88. The quantitative estimate of drug-likeness (QED) is 0.589. The van der Waals surface area contributed by atoms with E-state index in [1.54, 1.807) is 14.2 Å². The van der Waals surface area contributed by atoms with Crippen LogP contribution in [0.1, 0.15) is 44.6 Å². The molecule has 2 fully saturated rings. The predicted octanol–water partition coefficient (Wildman–Crippen LogP) is 5.08. The predicted molar refractivity (Wildman–Crippen MR) is 128 cm³/mol. The van der Waals surface area contributed by atoms with Crippen molar-refractivity contribution in [1.29, 1.82) is 0 Å². The van der Waals surface area contributed by atoms with E-state index >= 15 is 0 Å². The molecule has 0 spiro atoms. The maximum atomic E-state index is 13.9. The van der Waals surface area contributed by atoms with E-state index in [1.165, 1.54) is 5.56 Å². The largest absolute Gasteiger partial charge is 0.493 e. The van der Waals surface area contributed by atoms with Gasteiger partial charge in [0.1, 0.15) is 11.6 Å². The molecule has 8 heteroatoms. The lowest BCUT2D eigenvalue weighted by molar-refractivity contribution is 0.136. The van der Waals surface area contributed by atoms with Crippen LogP contribution in [0.2, 0.25) is 0 Å². The molecule has 2 aliphatic rings. The summed E-state index contributed by atoms with van der Waals surface area (Å²) in [5.74, 6) is 0.158. The minimum Gasteiger partial charge on any atom is -0.493 e. The van der Waals surface area contributed by atoms with Crippen LogP contribution >= 0.6 is 0 Å². The highest BCUT2D eigenvalue weighted by molar-refractivity contribution is 5.89. The normalized spacial score (nSPS) is 24.4. The zero-order valence-electron chi connectivity index (χ0n) is 20.0. The second kappa shape index (κ2) is 10.2. The van der Waals surface area contributed by atoms with Gasteiger partial charge in [-0.05, 0) is 75.0 Å². The van der Waals surface area contributed by atoms with Crippen molar-refractivity contribution in [2.75, 3.05) is 32.6 Å². The first kappa shape index (κ1) is 24.3. The second-order valence-corrected chi connectivity index (χ2v) is 9.22. The summed E-state index contributed by atoms with van der Waals surface area (Å²) in [6.07, 6.45) is 4.58. The molecule has 1 saturated heterocycles. The van der Waals surface area contributed by atoms with Crippen LogP contribution < -0.4 is 20.1 Å². The number of likely N-dealkylation sites (tertiary alicyclic amines) is 1. The van der Waals surface area contributed by atoms with Crippen LogP contribution in [0, 0.1) is 11.6 Å². The third kappa shape index (κ3) is 4.69. The molecule has 3 atom stereocenters. The number of amides is 2. The maximum Gasteiger partial charge on any atom is 0.319 e. The van der Waals surface area contributed by atoms with Crippen molar-refractivity contribution in [3.63, 3.8) is 0 Å². The molecule has 1 saturated carbocycles. The Kier molecular flexibility index (Phi) is 7.26. The lowest BCUT2D eigenvalue weighted by atomic mass is 9.65. The van der Waals surface area contributed by atoms with Gasteiger partial charge in [0, 0.05) is 23.6 Å². The molecule has 0 unspecified atom stereocenters. The average Bonchev–Trinajstić information content (AvgIpc) is 3.20. The minimum absolute atomic E-state index is 0.0297. The summed E-state index contributed by atoms with van der Waals surface area (Å²) in [5, 5.41) is 5.44. The van der Waals surface area contributed by atoms with E-state index in [0.29, 0.717) is 5.75 Å². The summed E-state index contributed by atoms with van der Waals surface area (Å²) < 4.78 is 38.4. The number of nitrogens with one attached hydrogen (secondary N) is 2. The average molecular weight is 474 g/mol. The van der Waals surface area contributed by atoms with Gasteiger partial charge in [-0.1, -0.05) is 13.0 Å². The number of anilines is 1. The summed E-state index contributed by atoms with van der Waals surface area (Å²) >= 11 is 0. The number of nitrogens with zero attached hydrogens (tertiary/aromatic N) is 1. The molecule has 2 N–H and O–H groups in total. The van der Waals surface area contributed by atoms with Gasteiger partial charge >= 0.3 is 6.03 Å². The van der Waals surface area contributed by atoms with Gasteiger partial charge < -0.3 is 20.1 Å². The molecule has 1 aliphatic carbocycles. The molecular formula is C26H33F2N3O3. The Balaban J connectivity index is 1.53. The summed E-state index contributed by atoms with van der Waals surface area (Å²) in [5.41, 5.74) is 1.04. The Morgan fingerprint density at radius 2 is 1.91 bits per heavy atom. The van der Waals surface area contributed by atoms with Gasteiger partial charge in [-0.25, -0.2) is 13.6 Å². The SMILES string of the molecule is CCCN1CC[C@]2(c3ccc(OC)c(OC)c3)CC[C@H](NC(=O)Nc3cc(F)ccc3F)C[C@@H]12. The van der Waals surface area contributed by atoms with E-state index in [9.17, 15) is 13.6 Å². The number of halogens is 2. The number of hydrogen-bond acceptors (Lipinski definition) is 4. The Morgan fingerprint density at radius 1 is 1.12 bits per heavy atom. The van der Waals surface area contributed by atoms with Gasteiger partial charge in [0.15, 0.2) is 11.5 Å². The first-order chi connectivity index (χ1) is 16.4. The number of carbonyl (C=O) groups is 1. The summed E-state index contributed by atoms with van der Waals surface area (Å²) in [4.78, 5) is 15.1. The Hall–Kier alpha value is -2.87. The molecule has 34 heavy (non-hydrogen) atoms. The zero-order chi connectivity index (χ0) is 24.3. The molecule has 2 aromatic rings. The first-order valence-electron chi connectivity index (χ1n) is 11.9. The lowest BCUT2D eigenvalue weighted by Crippen LogP contribution is -2.53.